The molecule has 7 nitrogen and oxygen atoms in total. The Morgan fingerprint density at radius 1 is 1.08 bits per heavy atom. The Morgan fingerprint density at radius 3 is 2.46 bits per heavy atom. The number of nitrogens with one attached hydrogen (secondary N) is 1. The molecule has 0 bridgehead atoms. The van der Waals surface area contributed by atoms with Crippen LogP contribution in [0.2, 0.25) is 0 Å². The van der Waals surface area contributed by atoms with Crippen molar-refractivity contribution in [2.75, 3.05) is 66.7 Å². The molecule has 3 rings (SSSR count). The molecule has 1 amide bonds. The summed E-state index contributed by atoms with van der Waals surface area (Å²) in [6.45, 7) is 7.10. The van der Waals surface area contributed by atoms with Crippen molar-refractivity contribution >= 4 is 5.91 Å². The van der Waals surface area contributed by atoms with Crippen molar-refractivity contribution in [1.29, 1.82) is 0 Å². The van der Waals surface area contributed by atoms with Gasteiger partial charge in [-0.05, 0) is 29.7 Å². The molecule has 7 heteroatoms. The maximum atomic E-state index is 12.2. The second-order valence-corrected chi connectivity index (χ2v) is 6.74. The zero-order chi connectivity index (χ0) is 18.4. The first kappa shape index (κ1) is 18.9. The molecule has 2 aliphatic heterocycles. The first-order valence-electron chi connectivity index (χ1n) is 9.22. The summed E-state index contributed by atoms with van der Waals surface area (Å²) in [5, 5.41) is 3.03. The molecule has 1 aromatic rings. The number of hydrogen-bond donors (Lipinski definition) is 1. The number of ether oxygens (including phenoxy) is 3. The molecular formula is C19H29N3O4. The third kappa shape index (κ3) is 4.87. The minimum Gasteiger partial charge on any atom is -0.493 e. The molecule has 1 fully saturated rings. The van der Waals surface area contributed by atoms with E-state index >= 15 is 0 Å². The lowest BCUT2D eigenvalue weighted by Gasteiger charge is -2.29. The van der Waals surface area contributed by atoms with E-state index in [4.69, 9.17) is 14.2 Å². The van der Waals surface area contributed by atoms with Gasteiger partial charge in [0.05, 0.1) is 34.0 Å². The van der Waals surface area contributed by atoms with Crippen molar-refractivity contribution in [2.24, 2.45) is 0 Å². The highest BCUT2D eigenvalue weighted by Crippen LogP contribution is 2.33. The minimum atomic E-state index is 0.0854. The molecule has 26 heavy (non-hydrogen) atoms. The quantitative estimate of drug-likeness (QED) is 0.762. The molecule has 0 radical (unpaired) electrons. The molecule has 1 saturated heterocycles. The van der Waals surface area contributed by atoms with Crippen LogP contribution in [-0.4, -0.2) is 82.4 Å². The number of amides is 1. The fourth-order valence-electron chi connectivity index (χ4n) is 3.51. The number of nitrogens with zero attached hydrogens (tertiary/aromatic N) is 2. The first-order valence-corrected chi connectivity index (χ1v) is 9.22. The average Bonchev–Trinajstić information content (AvgIpc) is 2.67. The van der Waals surface area contributed by atoms with Gasteiger partial charge < -0.3 is 19.5 Å². The van der Waals surface area contributed by atoms with Gasteiger partial charge in [0.2, 0.25) is 5.91 Å². The summed E-state index contributed by atoms with van der Waals surface area (Å²) in [6, 6.07) is 4.07. The SMILES string of the molecule is COc1cc2c(cc1OC)CN(CC(=O)NCCN1CCOCC1)CC2. The van der Waals surface area contributed by atoms with E-state index in [2.05, 4.69) is 15.1 Å². The van der Waals surface area contributed by atoms with Gasteiger partial charge in [0.15, 0.2) is 11.5 Å². The molecule has 0 aliphatic carbocycles. The third-order valence-electron chi connectivity index (χ3n) is 5.02. The van der Waals surface area contributed by atoms with Gasteiger partial charge in [-0.3, -0.25) is 14.6 Å². The standard InChI is InChI=1S/C19H29N3O4/c1-24-17-11-15-3-5-22(13-16(15)12-18(17)25-2)14-19(23)20-4-6-21-7-9-26-10-8-21/h11-12H,3-10,13-14H2,1-2H3,(H,20,23). The molecule has 0 unspecified atom stereocenters. The molecule has 0 spiro atoms. The van der Waals surface area contributed by atoms with E-state index in [0.717, 1.165) is 63.9 Å². The second-order valence-electron chi connectivity index (χ2n) is 6.74. The molecule has 0 atom stereocenters. The van der Waals surface area contributed by atoms with Crippen LogP contribution in [0.5, 0.6) is 11.5 Å². The van der Waals surface area contributed by atoms with E-state index in [1.54, 1.807) is 14.2 Å². The monoisotopic (exact) mass is 363 g/mol. The summed E-state index contributed by atoms with van der Waals surface area (Å²) in [4.78, 5) is 16.7. The zero-order valence-corrected chi connectivity index (χ0v) is 15.8. The van der Waals surface area contributed by atoms with Gasteiger partial charge in [0, 0.05) is 39.3 Å². The number of carbonyl (C=O) groups excluding carboxylic acids is 1. The Bertz CT molecular complexity index is 617. The summed E-state index contributed by atoms with van der Waals surface area (Å²) >= 11 is 0. The van der Waals surface area contributed by atoms with Gasteiger partial charge >= 0.3 is 0 Å². The van der Waals surface area contributed by atoms with Crippen molar-refractivity contribution in [3.05, 3.63) is 23.3 Å². The predicted octanol–water partition coefficient (Wildman–Crippen LogP) is 0.510. The second kappa shape index (κ2) is 9.21. The van der Waals surface area contributed by atoms with Gasteiger partial charge in [0.1, 0.15) is 0 Å². The van der Waals surface area contributed by atoms with Crippen LogP contribution in [-0.2, 0) is 22.5 Å². The molecule has 0 saturated carbocycles. The van der Waals surface area contributed by atoms with E-state index in [-0.39, 0.29) is 5.91 Å². The number of fused-ring (bicyclic) bond motifs is 1. The average molecular weight is 363 g/mol. The normalized spacial score (nSPS) is 18.2. The Balaban J connectivity index is 1.46. The van der Waals surface area contributed by atoms with Gasteiger partial charge in [-0.25, -0.2) is 0 Å². The number of hydrogen-bond acceptors (Lipinski definition) is 6. The predicted molar refractivity (Wildman–Crippen MR) is 98.8 cm³/mol. The van der Waals surface area contributed by atoms with E-state index < -0.39 is 0 Å². The smallest absolute Gasteiger partial charge is 0.234 e. The fraction of sp³-hybridized carbons (Fsp3) is 0.632. The van der Waals surface area contributed by atoms with Crippen LogP contribution in [0.1, 0.15) is 11.1 Å². The maximum Gasteiger partial charge on any atom is 0.234 e. The number of methoxy groups -OCH3 is 2. The topological polar surface area (TPSA) is 63.3 Å². The summed E-state index contributed by atoms with van der Waals surface area (Å²) in [5.74, 6) is 1.59. The van der Waals surface area contributed by atoms with Crippen LogP contribution < -0.4 is 14.8 Å². The third-order valence-corrected chi connectivity index (χ3v) is 5.02. The highest BCUT2D eigenvalue weighted by atomic mass is 16.5. The molecule has 0 aromatic heterocycles. The fourth-order valence-corrected chi connectivity index (χ4v) is 3.51. The molecule has 1 N–H and O–H groups in total. The highest BCUT2D eigenvalue weighted by Gasteiger charge is 2.21. The molecule has 1 aromatic carbocycles. The Kier molecular flexibility index (Phi) is 6.71. The Labute approximate surface area is 155 Å². The van der Waals surface area contributed by atoms with Crippen LogP contribution in [0, 0.1) is 0 Å². The van der Waals surface area contributed by atoms with Crippen LogP contribution >= 0.6 is 0 Å². The van der Waals surface area contributed by atoms with E-state index in [1.165, 1.54) is 11.1 Å². The van der Waals surface area contributed by atoms with E-state index in [1.807, 2.05) is 12.1 Å². The van der Waals surface area contributed by atoms with Crippen molar-refractivity contribution in [3.8, 4) is 11.5 Å². The van der Waals surface area contributed by atoms with Crippen LogP contribution in [0.25, 0.3) is 0 Å². The summed E-state index contributed by atoms with van der Waals surface area (Å²) in [7, 11) is 3.30. The number of benzene rings is 1. The number of rotatable bonds is 7. The highest BCUT2D eigenvalue weighted by molar-refractivity contribution is 5.78. The van der Waals surface area contributed by atoms with Crippen molar-refractivity contribution in [3.63, 3.8) is 0 Å². The molecule has 2 aliphatic rings. The molecular weight excluding hydrogens is 334 g/mol. The lowest BCUT2D eigenvalue weighted by atomic mass is 9.99. The van der Waals surface area contributed by atoms with E-state index in [0.29, 0.717) is 13.1 Å². The van der Waals surface area contributed by atoms with Crippen molar-refractivity contribution < 1.29 is 19.0 Å². The van der Waals surface area contributed by atoms with Gasteiger partial charge in [-0.2, -0.15) is 0 Å². The zero-order valence-electron chi connectivity index (χ0n) is 15.8. The summed E-state index contributed by atoms with van der Waals surface area (Å²) in [6.07, 6.45) is 0.913. The van der Waals surface area contributed by atoms with Crippen LogP contribution in [0.15, 0.2) is 12.1 Å². The van der Waals surface area contributed by atoms with Crippen molar-refractivity contribution in [1.82, 2.24) is 15.1 Å². The Hall–Kier alpha value is -1.83. The number of morpholine rings is 1. The van der Waals surface area contributed by atoms with Gasteiger partial charge in [0.25, 0.3) is 0 Å². The lowest BCUT2D eigenvalue weighted by molar-refractivity contribution is -0.122. The van der Waals surface area contributed by atoms with E-state index in [9.17, 15) is 4.79 Å². The molecule has 144 valence electrons. The summed E-state index contributed by atoms with van der Waals surface area (Å²) in [5.41, 5.74) is 2.47. The Morgan fingerprint density at radius 2 is 1.77 bits per heavy atom. The maximum absolute atomic E-state index is 12.2. The van der Waals surface area contributed by atoms with Gasteiger partial charge in [-0.1, -0.05) is 0 Å². The largest absolute Gasteiger partial charge is 0.493 e. The molecule has 2 heterocycles. The van der Waals surface area contributed by atoms with Crippen LogP contribution in [0.3, 0.4) is 0 Å². The first-order chi connectivity index (χ1) is 12.7. The summed E-state index contributed by atoms with van der Waals surface area (Å²) < 4.78 is 16.1. The van der Waals surface area contributed by atoms with Gasteiger partial charge in [-0.15, -0.1) is 0 Å². The number of carbonyl (C=O) groups is 1. The van der Waals surface area contributed by atoms with Crippen LogP contribution in [0.4, 0.5) is 0 Å². The lowest BCUT2D eigenvalue weighted by Crippen LogP contribution is -2.44. The van der Waals surface area contributed by atoms with Crippen molar-refractivity contribution in [2.45, 2.75) is 13.0 Å². The minimum absolute atomic E-state index is 0.0854.